The van der Waals surface area contributed by atoms with E-state index in [-0.39, 0.29) is 17.3 Å². The molecule has 0 aromatic carbocycles. The van der Waals surface area contributed by atoms with Gasteiger partial charge in [-0.15, -0.1) is 0 Å². The number of hydrogen-bond acceptors (Lipinski definition) is 3. The van der Waals surface area contributed by atoms with Crippen molar-refractivity contribution in [2.75, 3.05) is 20.2 Å². The van der Waals surface area contributed by atoms with Crippen LogP contribution in [0.4, 0.5) is 0 Å². The number of esters is 1. The molecule has 0 aromatic heterocycles. The highest BCUT2D eigenvalue weighted by molar-refractivity contribution is 5.73. The number of methoxy groups -OCH3 is 1. The van der Waals surface area contributed by atoms with Gasteiger partial charge in [0.2, 0.25) is 0 Å². The van der Waals surface area contributed by atoms with Crippen LogP contribution in [0.3, 0.4) is 0 Å². The zero-order valence-electron chi connectivity index (χ0n) is 8.89. The molecule has 0 bridgehead atoms. The number of hydrogen-bond donors (Lipinski definition) is 1. The number of carbonyl (C=O) groups excluding carboxylic acids is 1. The highest BCUT2D eigenvalue weighted by atomic mass is 16.5. The minimum Gasteiger partial charge on any atom is -0.469 e. The lowest BCUT2D eigenvalue weighted by Crippen LogP contribution is -2.32. The molecule has 0 aliphatic carbocycles. The van der Waals surface area contributed by atoms with E-state index in [1.807, 2.05) is 0 Å². The van der Waals surface area contributed by atoms with E-state index in [4.69, 9.17) is 4.74 Å². The summed E-state index contributed by atoms with van der Waals surface area (Å²) in [4.78, 5) is 11.4. The quantitative estimate of drug-likeness (QED) is 0.620. The fourth-order valence-corrected chi connectivity index (χ4v) is 1.99. The summed E-state index contributed by atoms with van der Waals surface area (Å²) in [5.74, 6) is 0.342. The molecule has 76 valence electrons. The molecule has 1 fully saturated rings. The van der Waals surface area contributed by atoms with E-state index >= 15 is 0 Å². The maximum absolute atomic E-state index is 11.4. The molecule has 3 nitrogen and oxygen atoms in total. The van der Waals surface area contributed by atoms with Gasteiger partial charge in [-0.05, 0) is 17.9 Å². The molecule has 1 saturated heterocycles. The molecule has 1 aliphatic rings. The van der Waals surface area contributed by atoms with Gasteiger partial charge in [-0.3, -0.25) is 4.79 Å². The second-order valence-corrected chi connectivity index (χ2v) is 4.76. The molecule has 1 aliphatic heterocycles. The van der Waals surface area contributed by atoms with Gasteiger partial charge in [0.05, 0.1) is 13.0 Å². The number of carbonyl (C=O) groups is 1. The SMILES string of the molecule is COC(=O)[C@@H]1CNC[C@H]1C(C)(C)C. The fraction of sp³-hybridized carbons (Fsp3) is 0.900. The molecule has 1 N–H and O–H groups in total. The molecular formula is C10H19NO2. The first-order valence-corrected chi connectivity index (χ1v) is 4.75. The largest absolute Gasteiger partial charge is 0.469 e. The van der Waals surface area contributed by atoms with Crippen LogP contribution in [-0.4, -0.2) is 26.2 Å². The highest BCUT2D eigenvalue weighted by Crippen LogP contribution is 2.34. The summed E-state index contributed by atoms with van der Waals surface area (Å²) in [6, 6.07) is 0. The first-order chi connectivity index (χ1) is 5.96. The molecule has 13 heavy (non-hydrogen) atoms. The first kappa shape index (κ1) is 10.5. The molecule has 0 spiro atoms. The van der Waals surface area contributed by atoms with E-state index in [0.29, 0.717) is 5.92 Å². The van der Waals surface area contributed by atoms with Gasteiger partial charge in [-0.1, -0.05) is 20.8 Å². The summed E-state index contributed by atoms with van der Waals surface area (Å²) < 4.78 is 4.78. The van der Waals surface area contributed by atoms with E-state index in [1.165, 1.54) is 7.11 Å². The van der Waals surface area contributed by atoms with Crippen LogP contribution in [0, 0.1) is 17.3 Å². The third-order valence-electron chi connectivity index (χ3n) is 2.83. The summed E-state index contributed by atoms with van der Waals surface area (Å²) in [7, 11) is 1.46. The summed E-state index contributed by atoms with van der Waals surface area (Å²) in [6.07, 6.45) is 0. The van der Waals surface area contributed by atoms with Gasteiger partial charge < -0.3 is 10.1 Å². The van der Waals surface area contributed by atoms with Crippen LogP contribution in [0.2, 0.25) is 0 Å². The average molecular weight is 185 g/mol. The molecule has 1 heterocycles. The predicted molar refractivity (Wildman–Crippen MR) is 51.3 cm³/mol. The summed E-state index contributed by atoms with van der Waals surface area (Å²) in [5, 5.41) is 3.24. The molecule has 2 atom stereocenters. The van der Waals surface area contributed by atoms with E-state index in [0.717, 1.165) is 13.1 Å². The van der Waals surface area contributed by atoms with Crippen molar-refractivity contribution in [3.63, 3.8) is 0 Å². The van der Waals surface area contributed by atoms with Crippen molar-refractivity contribution >= 4 is 5.97 Å². The summed E-state index contributed by atoms with van der Waals surface area (Å²) >= 11 is 0. The monoisotopic (exact) mass is 185 g/mol. The molecule has 0 amide bonds. The second kappa shape index (κ2) is 3.66. The smallest absolute Gasteiger partial charge is 0.310 e. The lowest BCUT2D eigenvalue weighted by atomic mass is 9.75. The van der Waals surface area contributed by atoms with Crippen molar-refractivity contribution in [2.24, 2.45) is 17.3 Å². The minimum absolute atomic E-state index is 0.0324. The predicted octanol–water partition coefficient (Wildman–Crippen LogP) is 1.04. The van der Waals surface area contributed by atoms with Gasteiger partial charge in [0.15, 0.2) is 0 Å². The molecule has 0 unspecified atom stereocenters. The van der Waals surface area contributed by atoms with E-state index in [2.05, 4.69) is 26.1 Å². The molecular weight excluding hydrogens is 166 g/mol. The Labute approximate surface area is 79.8 Å². The van der Waals surface area contributed by atoms with Crippen molar-refractivity contribution in [3.8, 4) is 0 Å². The Morgan fingerprint density at radius 2 is 2.00 bits per heavy atom. The lowest BCUT2D eigenvalue weighted by molar-refractivity contribution is -0.147. The number of ether oxygens (including phenoxy) is 1. The maximum Gasteiger partial charge on any atom is 0.310 e. The lowest BCUT2D eigenvalue weighted by Gasteiger charge is -2.29. The van der Waals surface area contributed by atoms with Crippen LogP contribution in [0.25, 0.3) is 0 Å². The molecule has 3 heteroatoms. The van der Waals surface area contributed by atoms with Gasteiger partial charge in [-0.25, -0.2) is 0 Å². The van der Waals surface area contributed by atoms with Crippen molar-refractivity contribution in [1.82, 2.24) is 5.32 Å². The number of rotatable bonds is 1. The van der Waals surface area contributed by atoms with Crippen LogP contribution in [0.5, 0.6) is 0 Å². The zero-order chi connectivity index (χ0) is 10.1. The Kier molecular flexibility index (Phi) is 2.96. The average Bonchev–Trinajstić information content (AvgIpc) is 2.49. The third kappa shape index (κ3) is 2.21. The van der Waals surface area contributed by atoms with Gasteiger partial charge >= 0.3 is 5.97 Å². The molecule has 0 saturated carbocycles. The van der Waals surface area contributed by atoms with Crippen molar-refractivity contribution in [3.05, 3.63) is 0 Å². The third-order valence-corrected chi connectivity index (χ3v) is 2.83. The Morgan fingerprint density at radius 3 is 2.46 bits per heavy atom. The topological polar surface area (TPSA) is 38.3 Å². The Balaban J connectivity index is 2.70. The second-order valence-electron chi connectivity index (χ2n) is 4.76. The van der Waals surface area contributed by atoms with Crippen LogP contribution >= 0.6 is 0 Å². The van der Waals surface area contributed by atoms with Crippen LogP contribution in [0.15, 0.2) is 0 Å². The summed E-state index contributed by atoms with van der Waals surface area (Å²) in [5.41, 5.74) is 0.169. The zero-order valence-corrected chi connectivity index (χ0v) is 8.89. The summed E-state index contributed by atoms with van der Waals surface area (Å²) in [6.45, 7) is 8.18. The maximum atomic E-state index is 11.4. The van der Waals surface area contributed by atoms with Gasteiger partial charge in [0, 0.05) is 6.54 Å². The van der Waals surface area contributed by atoms with E-state index < -0.39 is 0 Å². The standard InChI is InChI=1S/C10H19NO2/c1-10(2,3)8-6-11-5-7(8)9(12)13-4/h7-8,11H,5-6H2,1-4H3/t7-,8-/m1/s1. The Bertz CT molecular complexity index is 196. The molecule has 1 rings (SSSR count). The van der Waals surface area contributed by atoms with E-state index in [1.54, 1.807) is 0 Å². The van der Waals surface area contributed by atoms with Crippen LogP contribution < -0.4 is 5.32 Å². The number of nitrogens with one attached hydrogen (secondary N) is 1. The van der Waals surface area contributed by atoms with Gasteiger partial charge in [0.25, 0.3) is 0 Å². The molecule has 0 radical (unpaired) electrons. The Hall–Kier alpha value is -0.570. The molecule has 0 aromatic rings. The normalized spacial score (nSPS) is 28.9. The van der Waals surface area contributed by atoms with Crippen molar-refractivity contribution in [1.29, 1.82) is 0 Å². The van der Waals surface area contributed by atoms with Gasteiger partial charge in [0.1, 0.15) is 0 Å². The van der Waals surface area contributed by atoms with Crippen molar-refractivity contribution in [2.45, 2.75) is 20.8 Å². The minimum atomic E-state index is -0.0788. The van der Waals surface area contributed by atoms with E-state index in [9.17, 15) is 4.79 Å². The fourth-order valence-electron chi connectivity index (χ4n) is 1.99. The highest BCUT2D eigenvalue weighted by Gasteiger charge is 2.40. The first-order valence-electron chi connectivity index (χ1n) is 4.75. The van der Waals surface area contributed by atoms with Crippen molar-refractivity contribution < 1.29 is 9.53 Å². The Morgan fingerprint density at radius 1 is 1.38 bits per heavy atom. The van der Waals surface area contributed by atoms with Crippen LogP contribution in [-0.2, 0) is 9.53 Å². The van der Waals surface area contributed by atoms with Gasteiger partial charge in [-0.2, -0.15) is 0 Å². The van der Waals surface area contributed by atoms with Crippen LogP contribution in [0.1, 0.15) is 20.8 Å².